The summed E-state index contributed by atoms with van der Waals surface area (Å²) in [4.78, 5) is 25.6. The number of amides is 2. The molecule has 5 nitrogen and oxygen atoms in total. The van der Waals surface area contributed by atoms with Crippen molar-refractivity contribution in [1.82, 2.24) is 10.2 Å². The number of hydrogen-bond donors (Lipinski definition) is 1. The number of likely N-dealkylation sites (N-methyl/N-ethyl adjacent to an activating group) is 1. The van der Waals surface area contributed by atoms with Gasteiger partial charge in [-0.3, -0.25) is 9.59 Å². The first-order valence-corrected chi connectivity index (χ1v) is 8.95. The van der Waals surface area contributed by atoms with Crippen LogP contribution in [0.15, 0.2) is 53.0 Å². The summed E-state index contributed by atoms with van der Waals surface area (Å²) in [6.07, 6.45) is 0. The molecule has 2 rings (SSSR count). The van der Waals surface area contributed by atoms with E-state index in [1.165, 1.54) is 11.0 Å². The van der Waals surface area contributed by atoms with E-state index in [9.17, 15) is 14.0 Å². The molecule has 0 aliphatic heterocycles. The highest BCUT2D eigenvalue weighted by molar-refractivity contribution is 9.10. The largest absolute Gasteiger partial charge is 0.484 e. The molecular weight excluding hydrogens is 403 g/mol. The number of carbonyl (C=O) groups excluding carboxylic acids is 2. The first-order valence-electron chi connectivity index (χ1n) is 8.16. The van der Waals surface area contributed by atoms with E-state index in [1.54, 1.807) is 43.3 Å². The minimum absolute atomic E-state index is 0.136. The van der Waals surface area contributed by atoms with E-state index in [0.29, 0.717) is 17.9 Å². The normalized spacial score (nSPS) is 10.3. The van der Waals surface area contributed by atoms with Gasteiger partial charge in [0, 0.05) is 23.1 Å². The zero-order valence-corrected chi connectivity index (χ0v) is 16.0. The Kier molecular flexibility index (Phi) is 7.59. The molecule has 1 N–H and O–H groups in total. The van der Waals surface area contributed by atoms with Crippen LogP contribution in [0.1, 0.15) is 12.5 Å². The number of nitrogens with one attached hydrogen (secondary N) is 1. The summed E-state index contributed by atoms with van der Waals surface area (Å²) in [5, 5.41) is 2.52. The van der Waals surface area contributed by atoms with Crippen molar-refractivity contribution in [1.29, 1.82) is 0 Å². The SMILES string of the molecule is CCN(Cc1cc(Br)ccc1F)C(=O)CNC(=O)COc1ccccc1. The fourth-order valence-electron chi connectivity index (χ4n) is 2.25. The van der Waals surface area contributed by atoms with E-state index >= 15 is 0 Å². The van der Waals surface area contributed by atoms with Gasteiger partial charge < -0.3 is 15.0 Å². The lowest BCUT2D eigenvalue weighted by Gasteiger charge is -2.21. The second-order valence-corrected chi connectivity index (χ2v) is 6.44. The van der Waals surface area contributed by atoms with Crippen LogP contribution in [0.4, 0.5) is 4.39 Å². The molecule has 0 spiro atoms. The van der Waals surface area contributed by atoms with Gasteiger partial charge in [-0.2, -0.15) is 0 Å². The van der Waals surface area contributed by atoms with Gasteiger partial charge in [0.2, 0.25) is 5.91 Å². The summed E-state index contributed by atoms with van der Waals surface area (Å²) >= 11 is 3.29. The molecule has 138 valence electrons. The Bertz CT molecular complexity index is 756. The van der Waals surface area contributed by atoms with E-state index in [2.05, 4.69) is 21.2 Å². The van der Waals surface area contributed by atoms with E-state index in [4.69, 9.17) is 4.74 Å². The standard InChI is InChI=1S/C19H20BrFN2O3/c1-2-23(12-14-10-15(20)8-9-17(14)21)19(25)11-22-18(24)13-26-16-6-4-3-5-7-16/h3-10H,2,11-13H2,1H3,(H,22,24). The molecule has 0 radical (unpaired) electrons. The molecule has 0 unspecified atom stereocenters. The van der Waals surface area contributed by atoms with Crippen molar-refractivity contribution in [2.24, 2.45) is 0 Å². The summed E-state index contributed by atoms with van der Waals surface area (Å²) in [6.45, 7) is 2.00. The fraction of sp³-hybridized carbons (Fsp3) is 0.263. The smallest absolute Gasteiger partial charge is 0.258 e. The maximum Gasteiger partial charge on any atom is 0.258 e. The maximum atomic E-state index is 13.9. The minimum Gasteiger partial charge on any atom is -0.484 e. The number of benzene rings is 2. The van der Waals surface area contributed by atoms with Gasteiger partial charge in [0.15, 0.2) is 6.61 Å². The van der Waals surface area contributed by atoms with Gasteiger partial charge in [0.25, 0.3) is 5.91 Å². The quantitative estimate of drug-likeness (QED) is 0.710. The highest BCUT2D eigenvalue weighted by Gasteiger charge is 2.15. The summed E-state index contributed by atoms with van der Waals surface area (Å²) < 4.78 is 19.9. The van der Waals surface area contributed by atoms with Crippen LogP contribution in [0.25, 0.3) is 0 Å². The predicted octanol–water partition coefficient (Wildman–Crippen LogP) is 3.13. The third-order valence-electron chi connectivity index (χ3n) is 3.65. The van der Waals surface area contributed by atoms with Crippen LogP contribution in [-0.4, -0.2) is 36.4 Å². The second kappa shape index (κ2) is 9.91. The molecule has 0 saturated carbocycles. The van der Waals surface area contributed by atoms with Gasteiger partial charge in [-0.1, -0.05) is 34.1 Å². The molecule has 7 heteroatoms. The molecule has 0 saturated heterocycles. The summed E-state index contributed by atoms with van der Waals surface area (Å²) in [6, 6.07) is 13.5. The van der Waals surface area contributed by atoms with E-state index in [1.807, 2.05) is 6.07 Å². The average Bonchev–Trinajstić information content (AvgIpc) is 2.65. The number of rotatable bonds is 8. The molecular formula is C19H20BrFN2O3. The van der Waals surface area contributed by atoms with Crippen molar-refractivity contribution >= 4 is 27.7 Å². The van der Waals surface area contributed by atoms with Gasteiger partial charge in [-0.05, 0) is 37.3 Å². The monoisotopic (exact) mass is 422 g/mol. The number of para-hydroxylation sites is 1. The Morgan fingerprint density at radius 2 is 1.92 bits per heavy atom. The van der Waals surface area contributed by atoms with Crippen LogP contribution in [0.5, 0.6) is 5.75 Å². The van der Waals surface area contributed by atoms with Gasteiger partial charge >= 0.3 is 0 Å². The summed E-state index contributed by atoms with van der Waals surface area (Å²) in [5.41, 5.74) is 0.410. The van der Waals surface area contributed by atoms with E-state index in [0.717, 1.165) is 4.47 Å². The highest BCUT2D eigenvalue weighted by atomic mass is 79.9. The molecule has 0 aromatic heterocycles. The zero-order valence-electron chi connectivity index (χ0n) is 14.4. The molecule has 0 aliphatic rings. The van der Waals surface area contributed by atoms with Crippen LogP contribution in [0, 0.1) is 5.82 Å². The molecule has 0 atom stereocenters. The Hall–Kier alpha value is -2.41. The Morgan fingerprint density at radius 3 is 2.62 bits per heavy atom. The molecule has 26 heavy (non-hydrogen) atoms. The minimum atomic E-state index is -0.396. The van der Waals surface area contributed by atoms with Crippen molar-refractivity contribution in [3.05, 3.63) is 64.4 Å². The average molecular weight is 423 g/mol. The van der Waals surface area contributed by atoms with Crippen LogP contribution < -0.4 is 10.1 Å². The molecule has 2 amide bonds. The summed E-state index contributed by atoms with van der Waals surface area (Å²) in [7, 11) is 0. The van der Waals surface area contributed by atoms with E-state index in [-0.39, 0.29) is 31.4 Å². The van der Waals surface area contributed by atoms with Gasteiger partial charge in [-0.15, -0.1) is 0 Å². The molecule has 0 aliphatic carbocycles. The van der Waals surface area contributed by atoms with Crippen molar-refractivity contribution in [3.63, 3.8) is 0 Å². The van der Waals surface area contributed by atoms with Gasteiger partial charge in [0.1, 0.15) is 11.6 Å². The Labute approximate surface area is 160 Å². The van der Waals surface area contributed by atoms with Gasteiger partial charge in [0.05, 0.1) is 6.54 Å². The summed E-state index contributed by atoms with van der Waals surface area (Å²) in [5.74, 6) is -0.485. The first kappa shape index (κ1) is 19.9. The van der Waals surface area contributed by atoms with Crippen LogP contribution in [-0.2, 0) is 16.1 Å². The van der Waals surface area contributed by atoms with Crippen LogP contribution in [0.3, 0.4) is 0 Å². The topological polar surface area (TPSA) is 58.6 Å². The Morgan fingerprint density at radius 1 is 1.19 bits per heavy atom. The highest BCUT2D eigenvalue weighted by Crippen LogP contribution is 2.17. The Balaban J connectivity index is 1.82. The fourth-order valence-corrected chi connectivity index (χ4v) is 2.66. The number of ether oxygens (including phenoxy) is 1. The lowest BCUT2D eigenvalue weighted by Crippen LogP contribution is -2.41. The zero-order chi connectivity index (χ0) is 18.9. The van der Waals surface area contributed by atoms with Crippen molar-refractivity contribution in [3.8, 4) is 5.75 Å². The number of nitrogens with zero attached hydrogens (tertiary/aromatic N) is 1. The molecule has 0 bridgehead atoms. The van der Waals surface area contributed by atoms with E-state index < -0.39 is 5.91 Å². The molecule has 0 heterocycles. The lowest BCUT2D eigenvalue weighted by molar-refractivity contribution is -0.133. The number of halogens is 2. The third-order valence-corrected chi connectivity index (χ3v) is 4.15. The predicted molar refractivity (Wildman–Crippen MR) is 100 cm³/mol. The van der Waals surface area contributed by atoms with Crippen molar-refractivity contribution in [2.75, 3.05) is 19.7 Å². The molecule has 0 fully saturated rings. The van der Waals surface area contributed by atoms with Crippen LogP contribution >= 0.6 is 15.9 Å². The number of hydrogen-bond acceptors (Lipinski definition) is 3. The van der Waals surface area contributed by atoms with Crippen molar-refractivity contribution in [2.45, 2.75) is 13.5 Å². The first-order chi connectivity index (χ1) is 12.5. The third kappa shape index (κ3) is 6.15. The second-order valence-electron chi connectivity index (χ2n) is 5.52. The van der Waals surface area contributed by atoms with Crippen LogP contribution in [0.2, 0.25) is 0 Å². The maximum absolute atomic E-state index is 13.9. The number of carbonyl (C=O) groups is 2. The van der Waals surface area contributed by atoms with Gasteiger partial charge in [-0.25, -0.2) is 4.39 Å². The lowest BCUT2D eigenvalue weighted by atomic mass is 10.2. The molecule has 2 aromatic carbocycles. The van der Waals surface area contributed by atoms with Crippen molar-refractivity contribution < 1.29 is 18.7 Å². The molecule has 2 aromatic rings.